The second-order valence-corrected chi connectivity index (χ2v) is 5.17. The number of halogens is 1. The Morgan fingerprint density at radius 1 is 1.42 bits per heavy atom. The van der Waals surface area contributed by atoms with E-state index in [1.165, 1.54) is 0 Å². The summed E-state index contributed by atoms with van der Waals surface area (Å²) in [6, 6.07) is 2.83. The molecule has 6 heteroatoms. The maximum Gasteiger partial charge on any atom is 0.252 e. The highest BCUT2D eigenvalue weighted by Gasteiger charge is 2.18. The molecule has 19 heavy (non-hydrogen) atoms. The Labute approximate surface area is 121 Å². The number of carbonyl (C=O) groups excluding carboxylic acids is 2. The van der Waals surface area contributed by atoms with E-state index in [1.807, 2.05) is 6.92 Å². The molecule has 0 heterocycles. The molecule has 1 aromatic rings. The number of likely N-dealkylation sites (N-methyl/N-ethyl adjacent to an activating group) is 1. The van der Waals surface area contributed by atoms with Gasteiger partial charge in [-0.1, -0.05) is 15.9 Å². The highest BCUT2D eigenvalue weighted by atomic mass is 79.9. The zero-order valence-corrected chi connectivity index (χ0v) is 12.8. The van der Waals surface area contributed by atoms with E-state index in [4.69, 9.17) is 5.73 Å². The number of anilines is 1. The third kappa shape index (κ3) is 3.96. The number of nitrogens with one attached hydrogen (secondary N) is 2. The van der Waals surface area contributed by atoms with Gasteiger partial charge in [-0.15, -0.1) is 0 Å². The molecule has 0 fully saturated rings. The first kappa shape index (κ1) is 15.5. The van der Waals surface area contributed by atoms with Gasteiger partial charge in [-0.3, -0.25) is 9.59 Å². The first-order valence-corrected chi connectivity index (χ1v) is 6.80. The second kappa shape index (κ2) is 6.56. The Kier molecular flexibility index (Phi) is 5.35. The molecule has 0 saturated carbocycles. The molecule has 0 spiro atoms. The number of hydrogen-bond acceptors (Lipinski definition) is 3. The molecule has 0 bridgehead atoms. The number of hydrogen-bond donors (Lipinski definition) is 3. The van der Waals surface area contributed by atoms with Crippen molar-refractivity contribution >= 4 is 33.4 Å². The Balaban J connectivity index is 2.87. The van der Waals surface area contributed by atoms with Crippen molar-refractivity contribution in [3.05, 3.63) is 27.7 Å². The molecule has 0 aliphatic heterocycles. The van der Waals surface area contributed by atoms with Crippen LogP contribution in [0.3, 0.4) is 0 Å². The lowest BCUT2D eigenvalue weighted by Gasteiger charge is -2.15. The minimum absolute atomic E-state index is 0.212. The van der Waals surface area contributed by atoms with Crippen LogP contribution >= 0.6 is 15.9 Å². The molecular formula is C13H18BrN3O2. The summed E-state index contributed by atoms with van der Waals surface area (Å²) in [5.74, 6) is -0.527. The normalized spacial score (nSPS) is 11.8. The summed E-state index contributed by atoms with van der Waals surface area (Å²) in [5.41, 5.74) is 7.50. The second-order valence-electron chi connectivity index (χ2n) is 4.26. The van der Waals surface area contributed by atoms with Crippen LogP contribution in [0.2, 0.25) is 0 Å². The van der Waals surface area contributed by atoms with Gasteiger partial charge in [-0.25, -0.2) is 0 Å². The molecule has 0 saturated heterocycles. The molecule has 4 N–H and O–H groups in total. The van der Waals surface area contributed by atoms with Gasteiger partial charge in [0.1, 0.15) is 6.04 Å². The standard InChI is InChI=1S/C13H18BrN3O2/c1-4-16-12(18)8(3)17-13(19)10-5-9(14)6-11(15)7(10)2/h5-6,8H,4,15H2,1-3H3,(H,16,18)(H,17,19). The van der Waals surface area contributed by atoms with Crippen molar-refractivity contribution in [2.75, 3.05) is 12.3 Å². The Morgan fingerprint density at radius 3 is 2.63 bits per heavy atom. The van der Waals surface area contributed by atoms with Crippen LogP contribution in [-0.4, -0.2) is 24.4 Å². The summed E-state index contributed by atoms with van der Waals surface area (Å²) >= 11 is 3.30. The zero-order chi connectivity index (χ0) is 14.6. The molecule has 1 rings (SSSR count). The van der Waals surface area contributed by atoms with Crippen LogP contribution in [0, 0.1) is 6.92 Å². The topological polar surface area (TPSA) is 84.2 Å². The first-order valence-electron chi connectivity index (χ1n) is 6.01. The van der Waals surface area contributed by atoms with Gasteiger partial charge in [-0.2, -0.15) is 0 Å². The number of benzene rings is 1. The number of amides is 2. The Hall–Kier alpha value is -1.56. The maximum absolute atomic E-state index is 12.1. The molecule has 0 aliphatic rings. The van der Waals surface area contributed by atoms with Crippen LogP contribution in [0.15, 0.2) is 16.6 Å². The lowest BCUT2D eigenvalue weighted by molar-refractivity contribution is -0.122. The summed E-state index contributed by atoms with van der Waals surface area (Å²) in [7, 11) is 0. The van der Waals surface area contributed by atoms with E-state index in [2.05, 4.69) is 26.6 Å². The van der Waals surface area contributed by atoms with Gasteiger partial charge in [-0.05, 0) is 38.5 Å². The van der Waals surface area contributed by atoms with E-state index < -0.39 is 6.04 Å². The number of nitrogens with two attached hydrogens (primary N) is 1. The number of carbonyl (C=O) groups is 2. The largest absolute Gasteiger partial charge is 0.398 e. The van der Waals surface area contributed by atoms with Gasteiger partial charge >= 0.3 is 0 Å². The van der Waals surface area contributed by atoms with E-state index in [0.29, 0.717) is 23.4 Å². The fourth-order valence-electron chi connectivity index (χ4n) is 1.60. The van der Waals surface area contributed by atoms with Gasteiger partial charge in [0.2, 0.25) is 5.91 Å². The van der Waals surface area contributed by atoms with Crippen molar-refractivity contribution in [3.63, 3.8) is 0 Å². The molecule has 104 valence electrons. The van der Waals surface area contributed by atoms with E-state index in [9.17, 15) is 9.59 Å². The predicted octanol–water partition coefficient (Wildman–Crippen LogP) is 1.59. The molecule has 0 aromatic heterocycles. The van der Waals surface area contributed by atoms with Crippen LogP contribution in [0.1, 0.15) is 29.8 Å². The van der Waals surface area contributed by atoms with Crippen LogP contribution in [0.5, 0.6) is 0 Å². The van der Waals surface area contributed by atoms with Crippen LogP contribution in [0.25, 0.3) is 0 Å². The molecule has 0 aliphatic carbocycles. The molecule has 1 unspecified atom stereocenters. The van der Waals surface area contributed by atoms with Crippen molar-refractivity contribution in [2.24, 2.45) is 0 Å². The summed E-state index contributed by atoms with van der Waals surface area (Å²) in [6.45, 7) is 5.76. The summed E-state index contributed by atoms with van der Waals surface area (Å²) in [6.07, 6.45) is 0. The fraction of sp³-hybridized carbons (Fsp3) is 0.385. The summed E-state index contributed by atoms with van der Waals surface area (Å²) < 4.78 is 0.728. The average molecular weight is 328 g/mol. The molecule has 2 amide bonds. The lowest BCUT2D eigenvalue weighted by Crippen LogP contribution is -2.44. The molecular weight excluding hydrogens is 310 g/mol. The van der Waals surface area contributed by atoms with Crippen LogP contribution < -0.4 is 16.4 Å². The summed E-state index contributed by atoms with van der Waals surface area (Å²) in [4.78, 5) is 23.7. The minimum Gasteiger partial charge on any atom is -0.398 e. The van der Waals surface area contributed by atoms with Crippen LogP contribution in [0.4, 0.5) is 5.69 Å². The number of rotatable bonds is 4. The maximum atomic E-state index is 12.1. The molecule has 0 radical (unpaired) electrons. The van der Waals surface area contributed by atoms with Crippen molar-refractivity contribution in [2.45, 2.75) is 26.8 Å². The first-order chi connectivity index (χ1) is 8.86. The van der Waals surface area contributed by atoms with E-state index in [-0.39, 0.29) is 11.8 Å². The van der Waals surface area contributed by atoms with Gasteiger partial charge < -0.3 is 16.4 Å². The number of nitrogen functional groups attached to an aromatic ring is 1. The molecule has 1 atom stereocenters. The summed E-state index contributed by atoms with van der Waals surface area (Å²) in [5, 5.41) is 5.30. The molecule has 5 nitrogen and oxygen atoms in total. The third-order valence-electron chi connectivity index (χ3n) is 2.75. The van der Waals surface area contributed by atoms with Gasteiger partial charge in [0, 0.05) is 22.3 Å². The van der Waals surface area contributed by atoms with Crippen molar-refractivity contribution < 1.29 is 9.59 Å². The zero-order valence-electron chi connectivity index (χ0n) is 11.2. The average Bonchev–Trinajstić information content (AvgIpc) is 2.33. The van der Waals surface area contributed by atoms with Gasteiger partial charge in [0.15, 0.2) is 0 Å². The van der Waals surface area contributed by atoms with Crippen molar-refractivity contribution in [1.82, 2.24) is 10.6 Å². The van der Waals surface area contributed by atoms with Crippen molar-refractivity contribution in [3.8, 4) is 0 Å². The van der Waals surface area contributed by atoms with Crippen LogP contribution in [-0.2, 0) is 4.79 Å². The van der Waals surface area contributed by atoms with Gasteiger partial charge in [0.25, 0.3) is 5.91 Å². The smallest absolute Gasteiger partial charge is 0.252 e. The third-order valence-corrected chi connectivity index (χ3v) is 3.21. The minimum atomic E-state index is -0.591. The highest BCUT2D eigenvalue weighted by Crippen LogP contribution is 2.22. The Bertz CT molecular complexity index is 503. The lowest BCUT2D eigenvalue weighted by atomic mass is 10.1. The van der Waals surface area contributed by atoms with E-state index in [1.54, 1.807) is 26.0 Å². The SMILES string of the molecule is CCNC(=O)C(C)NC(=O)c1cc(Br)cc(N)c1C. The van der Waals surface area contributed by atoms with Crippen molar-refractivity contribution in [1.29, 1.82) is 0 Å². The highest BCUT2D eigenvalue weighted by molar-refractivity contribution is 9.10. The van der Waals surface area contributed by atoms with E-state index in [0.717, 1.165) is 4.47 Å². The quantitative estimate of drug-likeness (QED) is 0.734. The van der Waals surface area contributed by atoms with E-state index >= 15 is 0 Å². The van der Waals surface area contributed by atoms with Gasteiger partial charge in [0.05, 0.1) is 0 Å². The predicted molar refractivity (Wildman–Crippen MR) is 78.9 cm³/mol. The fourth-order valence-corrected chi connectivity index (χ4v) is 2.08. The Morgan fingerprint density at radius 2 is 2.05 bits per heavy atom. The monoisotopic (exact) mass is 327 g/mol. The molecule has 1 aromatic carbocycles.